The quantitative estimate of drug-likeness (QED) is 0.589. The molecule has 148 valence electrons. The van der Waals surface area contributed by atoms with E-state index < -0.39 is 0 Å². The molecule has 3 rings (SSSR count). The highest BCUT2D eigenvalue weighted by Crippen LogP contribution is 2.32. The van der Waals surface area contributed by atoms with Crippen LogP contribution in [0.25, 0.3) is 0 Å². The number of aliphatic imine (C=N–C) groups is 1. The number of amides is 1. The average molecular weight is 374 g/mol. The second-order valence-corrected chi connectivity index (χ2v) is 7.38. The molecular formula is C20H30N4O3. The molecule has 7 heteroatoms. The average Bonchev–Trinajstić information content (AvgIpc) is 3.15. The maximum absolute atomic E-state index is 11.9. The van der Waals surface area contributed by atoms with E-state index in [0.29, 0.717) is 18.4 Å². The Kier molecular flexibility index (Phi) is 6.79. The number of rotatable bonds is 6. The lowest BCUT2D eigenvalue weighted by Crippen LogP contribution is -2.44. The van der Waals surface area contributed by atoms with Gasteiger partial charge in [-0.2, -0.15) is 0 Å². The summed E-state index contributed by atoms with van der Waals surface area (Å²) in [5, 5.41) is 6.57. The number of fused-ring (bicyclic) bond motifs is 1. The number of carbonyl (C=O) groups is 1. The highest BCUT2D eigenvalue weighted by Gasteiger charge is 2.15. The zero-order valence-electron chi connectivity index (χ0n) is 16.3. The maximum Gasteiger partial charge on any atom is 0.241 e. The van der Waals surface area contributed by atoms with E-state index in [0.717, 1.165) is 23.6 Å². The highest BCUT2D eigenvalue weighted by molar-refractivity contribution is 5.86. The Morgan fingerprint density at radius 1 is 1.15 bits per heavy atom. The lowest BCUT2D eigenvalue weighted by atomic mass is 9.89. The number of nitrogens with one attached hydrogen (secondary N) is 2. The first-order valence-corrected chi connectivity index (χ1v) is 9.72. The summed E-state index contributed by atoms with van der Waals surface area (Å²) in [4.78, 5) is 18.1. The summed E-state index contributed by atoms with van der Waals surface area (Å²) >= 11 is 0. The van der Waals surface area contributed by atoms with Crippen LogP contribution in [-0.2, 0) is 11.3 Å². The van der Waals surface area contributed by atoms with Crippen LogP contribution in [0.15, 0.2) is 23.2 Å². The number of benzene rings is 1. The predicted octanol–water partition coefficient (Wildman–Crippen LogP) is 2.12. The summed E-state index contributed by atoms with van der Waals surface area (Å²) in [7, 11) is 3.51. The third-order valence-electron chi connectivity index (χ3n) is 5.05. The fourth-order valence-corrected chi connectivity index (χ4v) is 3.33. The molecule has 2 N–H and O–H groups in total. The van der Waals surface area contributed by atoms with E-state index in [1.807, 2.05) is 18.2 Å². The van der Waals surface area contributed by atoms with Gasteiger partial charge >= 0.3 is 0 Å². The molecule has 1 aromatic rings. The Morgan fingerprint density at radius 2 is 1.93 bits per heavy atom. The fraction of sp³-hybridized carbons (Fsp3) is 0.600. The summed E-state index contributed by atoms with van der Waals surface area (Å²) in [6.45, 7) is 1.89. The van der Waals surface area contributed by atoms with Crippen molar-refractivity contribution in [2.24, 2.45) is 10.9 Å². The molecule has 1 aromatic carbocycles. The molecule has 1 aliphatic heterocycles. The predicted molar refractivity (Wildman–Crippen MR) is 105 cm³/mol. The van der Waals surface area contributed by atoms with Gasteiger partial charge in [-0.05, 0) is 36.5 Å². The van der Waals surface area contributed by atoms with E-state index in [4.69, 9.17) is 9.47 Å². The van der Waals surface area contributed by atoms with Crippen LogP contribution >= 0.6 is 0 Å². The number of carbonyl (C=O) groups excluding carboxylic acids is 1. The topological polar surface area (TPSA) is 75.2 Å². The lowest BCUT2D eigenvalue weighted by Gasteiger charge is -2.23. The molecule has 2 aliphatic rings. The highest BCUT2D eigenvalue weighted by atomic mass is 16.7. The van der Waals surface area contributed by atoms with Gasteiger partial charge in [0.2, 0.25) is 12.7 Å². The van der Waals surface area contributed by atoms with Gasteiger partial charge in [-0.3, -0.25) is 4.79 Å². The fourth-order valence-electron chi connectivity index (χ4n) is 3.33. The van der Waals surface area contributed by atoms with E-state index in [2.05, 4.69) is 15.6 Å². The first-order chi connectivity index (χ1) is 13.1. The minimum atomic E-state index is 0.0187. The first-order valence-electron chi connectivity index (χ1n) is 9.72. The Labute approximate surface area is 161 Å². The van der Waals surface area contributed by atoms with E-state index in [9.17, 15) is 4.79 Å². The van der Waals surface area contributed by atoms with E-state index >= 15 is 0 Å². The normalized spacial score (nSPS) is 16.9. The molecule has 1 saturated carbocycles. The molecule has 7 nitrogen and oxygen atoms in total. The van der Waals surface area contributed by atoms with Gasteiger partial charge in [0.1, 0.15) is 0 Å². The van der Waals surface area contributed by atoms with Crippen LogP contribution in [0.4, 0.5) is 0 Å². The SMILES string of the molecule is CN(C)C(=O)CNC(=NCc1ccc2c(c1)OCO2)NCC1CCCCC1. The van der Waals surface area contributed by atoms with Gasteiger partial charge in [-0.1, -0.05) is 25.3 Å². The summed E-state index contributed by atoms with van der Waals surface area (Å²) in [5.41, 5.74) is 1.04. The van der Waals surface area contributed by atoms with Crippen LogP contribution < -0.4 is 20.1 Å². The monoisotopic (exact) mass is 374 g/mol. The number of ether oxygens (including phenoxy) is 2. The molecule has 0 spiro atoms. The van der Waals surface area contributed by atoms with Gasteiger partial charge in [0.05, 0.1) is 13.1 Å². The van der Waals surface area contributed by atoms with E-state index in [1.54, 1.807) is 19.0 Å². The Balaban J connectivity index is 1.59. The van der Waals surface area contributed by atoms with Crippen molar-refractivity contribution in [2.75, 3.05) is 34.0 Å². The van der Waals surface area contributed by atoms with Crippen LogP contribution in [0.1, 0.15) is 37.7 Å². The van der Waals surface area contributed by atoms with Gasteiger partial charge in [0.15, 0.2) is 17.5 Å². The Hall–Kier alpha value is -2.44. The third kappa shape index (κ3) is 5.77. The number of hydrogen-bond donors (Lipinski definition) is 2. The Bertz CT molecular complexity index is 669. The van der Waals surface area contributed by atoms with Crippen LogP contribution in [0.5, 0.6) is 11.5 Å². The molecule has 1 heterocycles. The van der Waals surface area contributed by atoms with Crippen molar-refractivity contribution in [3.05, 3.63) is 23.8 Å². The molecule has 1 aliphatic carbocycles. The van der Waals surface area contributed by atoms with Gasteiger partial charge in [0.25, 0.3) is 0 Å². The number of likely N-dealkylation sites (N-methyl/N-ethyl adjacent to an activating group) is 1. The maximum atomic E-state index is 11.9. The van der Waals surface area contributed by atoms with Crippen molar-refractivity contribution in [1.29, 1.82) is 0 Å². The molecule has 0 bridgehead atoms. The number of guanidine groups is 1. The first kappa shape index (κ1) is 19.3. The summed E-state index contributed by atoms with van der Waals surface area (Å²) in [5.74, 6) is 2.91. The second-order valence-electron chi connectivity index (χ2n) is 7.38. The zero-order chi connectivity index (χ0) is 19.1. The van der Waals surface area contributed by atoms with Crippen molar-refractivity contribution in [3.63, 3.8) is 0 Å². The lowest BCUT2D eigenvalue weighted by molar-refractivity contribution is -0.127. The number of hydrogen-bond acceptors (Lipinski definition) is 4. The van der Waals surface area contributed by atoms with Crippen LogP contribution in [0.3, 0.4) is 0 Å². The van der Waals surface area contributed by atoms with Crippen molar-refractivity contribution in [3.8, 4) is 11.5 Å². The molecule has 0 saturated heterocycles. The molecule has 1 fully saturated rings. The molecule has 0 atom stereocenters. The van der Waals surface area contributed by atoms with E-state index in [-0.39, 0.29) is 19.2 Å². The van der Waals surface area contributed by atoms with Gasteiger partial charge in [0, 0.05) is 20.6 Å². The summed E-state index contributed by atoms with van der Waals surface area (Å²) in [6.07, 6.45) is 6.49. The number of nitrogens with zero attached hydrogens (tertiary/aromatic N) is 2. The zero-order valence-corrected chi connectivity index (χ0v) is 16.3. The molecule has 0 aromatic heterocycles. The molecular weight excluding hydrogens is 344 g/mol. The summed E-state index contributed by atoms with van der Waals surface area (Å²) in [6, 6.07) is 5.85. The largest absolute Gasteiger partial charge is 0.454 e. The second kappa shape index (κ2) is 9.48. The standard InChI is InChI=1S/C20H30N4O3/c1-24(2)19(25)13-23-20(21-11-15-6-4-3-5-7-15)22-12-16-8-9-17-18(10-16)27-14-26-17/h8-10,15H,3-7,11-14H2,1-2H3,(H2,21,22,23). The Morgan fingerprint density at radius 3 is 2.70 bits per heavy atom. The van der Waals surface area contributed by atoms with Gasteiger partial charge in [-0.15, -0.1) is 0 Å². The minimum Gasteiger partial charge on any atom is -0.454 e. The smallest absolute Gasteiger partial charge is 0.241 e. The third-order valence-corrected chi connectivity index (χ3v) is 5.05. The molecule has 0 unspecified atom stereocenters. The van der Waals surface area contributed by atoms with Crippen molar-refractivity contribution in [1.82, 2.24) is 15.5 Å². The van der Waals surface area contributed by atoms with Crippen molar-refractivity contribution < 1.29 is 14.3 Å². The molecule has 1 amide bonds. The van der Waals surface area contributed by atoms with Crippen molar-refractivity contribution >= 4 is 11.9 Å². The van der Waals surface area contributed by atoms with Crippen molar-refractivity contribution in [2.45, 2.75) is 38.6 Å². The van der Waals surface area contributed by atoms with Crippen LogP contribution in [-0.4, -0.2) is 50.7 Å². The summed E-state index contributed by atoms with van der Waals surface area (Å²) < 4.78 is 10.8. The van der Waals surface area contributed by atoms with Gasteiger partial charge < -0.3 is 25.0 Å². The molecule has 0 radical (unpaired) electrons. The molecule has 27 heavy (non-hydrogen) atoms. The van der Waals surface area contributed by atoms with Crippen LogP contribution in [0, 0.1) is 5.92 Å². The van der Waals surface area contributed by atoms with E-state index in [1.165, 1.54) is 32.1 Å². The minimum absolute atomic E-state index is 0.0187. The van der Waals surface area contributed by atoms with Gasteiger partial charge in [-0.25, -0.2) is 4.99 Å². The van der Waals surface area contributed by atoms with Crippen LogP contribution in [0.2, 0.25) is 0 Å².